The third-order valence-corrected chi connectivity index (χ3v) is 2.50. The number of hydrogen-bond donors (Lipinski definition) is 2. The van der Waals surface area contributed by atoms with E-state index in [1.165, 1.54) is 12.1 Å². The van der Waals surface area contributed by atoms with Crippen LogP contribution in [-0.4, -0.2) is 24.0 Å². The number of halogens is 3. The first-order chi connectivity index (χ1) is 10.5. The Morgan fingerprint density at radius 2 is 1.74 bits per heavy atom. The van der Waals surface area contributed by atoms with E-state index in [0.29, 0.717) is 11.4 Å². The summed E-state index contributed by atoms with van der Waals surface area (Å²) >= 11 is 0. The third kappa shape index (κ3) is 7.53. The summed E-state index contributed by atoms with van der Waals surface area (Å²) < 4.78 is 42.3. The van der Waals surface area contributed by atoms with Crippen LogP contribution in [0, 0.1) is 0 Å². The summed E-state index contributed by atoms with van der Waals surface area (Å²) in [6, 6.07) is 4.65. The molecule has 1 amide bonds. The Hall–Kier alpha value is -2.25. The lowest BCUT2D eigenvalue weighted by Crippen LogP contribution is -2.30. The molecular weight excluding hydrogens is 311 g/mol. The van der Waals surface area contributed by atoms with Crippen molar-refractivity contribution < 1.29 is 22.7 Å². The Morgan fingerprint density at radius 3 is 2.22 bits per heavy atom. The summed E-state index contributed by atoms with van der Waals surface area (Å²) in [5.74, 6) is 0. The molecule has 0 atom stereocenters. The minimum absolute atomic E-state index is 0.265. The van der Waals surface area contributed by atoms with Crippen molar-refractivity contribution in [1.29, 1.82) is 0 Å². The van der Waals surface area contributed by atoms with E-state index >= 15 is 0 Å². The highest BCUT2D eigenvalue weighted by atomic mass is 19.4. The van der Waals surface area contributed by atoms with Crippen LogP contribution in [-0.2, 0) is 10.9 Å². The van der Waals surface area contributed by atoms with E-state index in [1.54, 1.807) is 27.7 Å². The molecule has 2 N–H and O–H groups in total. The molecule has 128 valence electrons. The largest absolute Gasteiger partial charge is 0.443 e. The standard InChI is InChI=1S/C15H20F3N3O2/c1-10(20-21-13(22)23-14(2,3)4)9-19-12-7-5-11(6-8-12)15(16,17)18/h5-8,19H,9H2,1-4H3,(H,21,22). The third-order valence-electron chi connectivity index (χ3n) is 2.50. The van der Waals surface area contributed by atoms with E-state index in [0.717, 1.165) is 12.1 Å². The van der Waals surface area contributed by atoms with Crippen LogP contribution in [0.5, 0.6) is 0 Å². The summed E-state index contributed by atoms with van der Waals surface area (Å²) in [4.78, 5) is 11.4. The van der Waals surface area contributed by atoms with Gasteiger partial charge in [-0.2, -0.15) is 18.3 Å². The van der Waals surface area contributed by atoms with Gasteiger partial charge in [-0.05, 0) is 52.0 Å². The van der Waals surface area contributed by atoms with Crippen molar-refractivity contribution >= 4 is 17.5 Å². The highest BCUT2D eigenvalue weighted by Crippen LogP contribution is 2.29. The van der Waals surface area contributed by atoms with Gasteiger partial charge in [0.2, 0.25) is 0 Å². The second-order valence-corrected chi connectivity index (χ2v) is 5.89. The second kappa shape index (κ2) is 7.34. The number of anilines is 1. The topological polar surface area (TPSA) is 62.7 Å². The van der Waals surface area contributed by atoms with Crippen molar-refractivity contribution in [2.75, 3.05) is 11.9 Å². The predicted octanol–water partition coefficient (Wildman–Crippen LogP) is 4.02. The number of ether oxygens (including phenoxy) is 1. The molecule has 23 heavy (non-hydrogen) atoms. The molecule has 0 saturated heterocycles. The zero-order chi connectivity index (χ0) is 17.7. The average Bonchev–Trinajstić information content (AvgIpc) is 2.40. The lowest BCUT2D eigenvalue weighted by molar-refractivity contribution is -0.137. The normalized spacial score (nSPS) is 12.7. The van der Waals surface area contributed by atoms with Crippen LogP contribution >= 0.6 is 0 Å². The molecule has 0 heterocycles. The molecule has 0 fully saturated rings. The zero-order valence-corrected chi connectivity index (χ0v) is 13.4. The maximum Gasteiger partial charge on any atom is 0.428 e. The van der Waals surface area contributed by atoms with Gasteiger partial charge in [-0.25, -0.2) is 10.2 Å². The first-order valence-corrected chi connectivity index (χ1v) is 6.91. The Balaban J connectivity index is 2.48. The van der Waals surface area contributed by atoms with Crippen LogP contribution in [0.15, 0.2) is 29.4 Å². The lowest BCUT2D eigenvalue weighted by Gasteiger charge is -2.18. The van der Waals surface area contributed by atoms with E-state index in [2.05, 4.69) is 15.8 Å². The molecule has 0 aliphatic carbocycles. The molecule has 0 unspecified atom stereocenters. The number of carbonyl (C=O) groups excluding carboxylic acids is 1. The predicted molar refractivity (Wildman–Crippen MR) is 82.4 cm³/mol. The molecule has 0 saturated carbocycles. The quantitative estimate of drug-likeness (QED) is 0.647. The first kappa shape index (κ1) is 18.8. The Morgan fingerprint density at radius 1 is 1.17 bits per heavy atom. The van der Waals surface area contributed by atoms with Crippen LogP contribution in [0.25, 0.3) is 0 Å². The summed E-state index contributed by atoms with van der Waals surface area (Å²) in [7, 11) is 0. The summed E-state index contributed by atoms with van der Waals surface area (Å²) in [6.07, 6.45) is -5.03. The van der Waals surface area contributed by atoms with Gasteiger partial charge in [0.1, 0.15) is 5.60 Å². The van der Waals surface area contributed by atoms with Gasteiger partial charge < -0.3 is 10.1 Å². The van der Waals surface area contributed by atoms with Crippen LogP contribution < -0.4 is 10.7 Å². The summed E-state index contributed by atoms with van der Waals surface area (Å²) in [6.45, 7) is 7.12. The van der Waals surface area contributed by atoms with Gasteiger partial charge in [-0.15, -0.1) is 0 Å². The number of hydrogen-bond acceptors (Lipinski definition) is 4. The summed E-state index contributed by atoms with van der Waals surface area (Å²) in [5, 5.41) is 6.73. The van der Waals surface area contributed by atoms with Crippen molar-refractivity contribution in [3.8, 4) is 0 Å². The number of alkyl halides is 3. The highest BCUT2D eigenvalue weighted by Gasteiger charge is 2.29. The van der Waals surface area contributed by atoms with Gasteiger partial charge >= 0.3 is 12.3 Å². The number of amides is 1. The Kier molecular flexibility index (Phi) is 6.00. The molecule has 0 bridgehead atoms. The molecule has 0 aromatic heterocycles. The van der Waals surface area contributed by atoms with Gasteiger partial charge in [-0.3, -0.25) is 0 Å². The minimum Gasteiger partial charge on any atom is -0.443 e. The molecule has 1 aromatic carbocycles. The number of nitrogens with one attached hydrogen (secondary N) is 2. The smallest absolute Gasteiger partial charge is 0.428 e. The Labute approximate surface area is 132 Å². The SMILES string of the molecule is CC(CNc1ccc(C(F)(F)F)cc1)=NNC(=O)OC(C)(C)C. The fourth-order valence-electron chi connectivity index (χ4n) is 1.49. The van der Waals surface area contributed by atoms with Crippen molar-refractivity contribution in [1.82, 2.24) is 5.43 Å². The van der Waals surface area contributed by atoms with E-state index in [-0.39, 0.29) is 6.54 Å². The molecule has 5 nitrogen and oxygen atoms in total. The van der Waals surface area contributed by atoms with Gasteiger partial charge in [0.05, 0.1) is 17.8 Å². The lowest BCUT2D eigenvalue weighted by atomic mass is 10.2. The van der Waals surface area contributed by atoms with Crippen LogP contribution in [0.2, 0.25) is 0 Å². The number of carbonyl (C=O) groups is 1. The number of nitrogens with zero attached hydrogens (tertiary/aromatic N) is 1. The monoisotopic (exact) mass is 331 g/mol. The van der Waals surface area contributed by atoms with Crippen LogP contribution in [0.1, 0.15) is 33.3 Å². The molecule has 0 spiro atoms. The maximum atomic E-state index is 12.4. The second-order valence-electron chi connectivity index (χ2n) is 5.89. The van der Waals surface area contributed by atoms with Crippen LogP contribution in [0.4, 0.5) is 23.7 Å². The van der Waals surface area contributed by atoms with Gasteiger partial charge in [-0.1, -0.05) is 0 Å². The Bertz CT molecular complexity index is 561. The van der Waals surface area contributed by atoms with E-state index in [4.69, 9.17) is 4.74 Å². The molecule has 0 aliphatic heterocycles. The van der Waals surface area contributed by atoms with E-state index in [1.807, 2.05) is 0 Å². The van der Waals surface area contributed by atoms with Crippen molar-refractivity contribution in [3.63, 3.8) is 0 Å². The van der Waals surface area contributed by atoms with E-state index in [9.17, 15) is 18.0 Å². The number of rotatable bonds is 4. The van der Waals surface area contributed by atoms with Crippen molar-refractivity contribution in [3.05, 3.63) is 29.8 Å². The van der Waals surface area contributed by atoms with Gasteiger partial charge in [0.15, 0.2) is 0 Å². The zero-order valence-electron chi connectivity index (χ0n) is 13.4. The molecule has 1 aromatic rings. The fourth-order valence-corrected chi connectivity index (χ4v) is 1.49. The molecule has 1 rings (SSSR count). The first-order valence-electron chi connectivity index (χ1n) is 6.91. The number of hydrazone groups is 1. The van der Waals surface area contributed by atoms with Crippen LogP contribution in [0.3, 0.4) is 0 Å². The molecular formula is C15H20F3N3O2. The molecule has 8 heteroatoms. The minimum atomic E-state index is -4.35. The van der Waals surface area contributed by atoms with E-state index < -0.39 is 23.4 Å². The van der Waals surface area contributed by atoms with Gasteiger partial charge in [0.25, 0.3) is 0 Å². The maximum absolute atomic E-state index is 12.4. The number of benzene rings is 1. The fraction of sp³-hybridized carbons (Fsp3) is 0.467. The molecule has 0 aliphatic rings. The van der Waals surface area contributed by atoms with Crippen molar-refractivity contribution in [2.45, 2.75) is 39.5 Å². The van der Waals surface area contributed by atoms with Gasteiger partial charge in [0, 0.05) is 5.69 Å². The average molecular weight is 331 g/mol. The highest BCUT2D eigenvalue weighted by molar-refractivity contribution is 5.87. The molecule has 0 radical (unpaired) electrons. The van der Waals surface area contributed by atoms with Crippen molar-refractivity contribution in [2.24, 2.45) is 5.10 Å². The summed E-state index contributed by atoms with van der Waals surface area (Å²) in [5.41, 5.74) is 1.97.